The fraction of sp³-hybridized carbons (Fsp3) is 0.688. The zero-order valence-electron chi connectivity index (χ0n) is 13.3. The molecule has 4 nitrogen and oxygen atoms in total. The molecule has 1 aliphatic rings. The quantitative estimate of drug-likeness (QED) is 0.813. The van der Waals surface area contributed by atoms with Crippen LogP contribution in [-0.4, -0.2) is 35.0 Å². The first kappa shape index (κ1) is 16.5. The van der Waals surface area contributed by atoms with Crippen LogP contribution in [-0.2, 0) is 11.3 Å². The molecule has 2 rings (SSSR count). The SMILES string of the molecule is CC(C)(C)NC(=O)CC(CN)N(Cc1ccsc1)C1CC1. The van der Waals surface area contributed by atoms with E-state index < -0.39 is 0 Å². The maximum absolute atomic E-state index is 12.2. The third kappa shape index (κ3) is 5.41. The molecule has 0 spiro atoms. The van der Waals surface area contributed by atoms with Crippen molar-refractivity contribution in [3.8, 4) is 0 Å². The highest BCUT2D eigenvalue weighted by molar-refractivity contribution is 7.07. The van der Waals surface area contributed by atoms with Gasteiger partial charge in [-0.1, -0.05) is 0 Å². The standard InChI is InChI=1S/C16H27N3OS/c1-16(2,3)18-15(20)8-14(9-17)19(13-4-5-13)10-12-6-7-21-11-12/h6-7,11,13-14H,4-5,8-10,17H2,1-3H3,(H,18,20). The predicted molar refractivity (Wildman–Crippen MR) is 88.2 cm³/mol. The number of carbonyl (C=O) groups excluding carboxylic acids is 1. The largest absolute Gasteiger partial charge is 0.351 e. The molecule has 1 saturated carbocycles. The highest BCUT2D eigenvalue weighted by Gasteiger charge is 2.34. The van der Waals surface area contributed by atoms with E-state index in [1.807, 2.05) is 20.8 Å². The maximum Gasteiger partial charge on any atom is 0.222 e. The number of carbonyl (C=O) groups is 1. The van der Waals surface area contributed by atoms with Crippen LogP contribution >= 0.6 is 11.3 Å². The highest BCUT2D eigenvalue weighted by atomic mass is 32.1. The van der Waals surface area contributed by atoms with Crippen molar-refractivity contribution >= 4 is 17.2 Å². The second-order valence-corrected chi connectivity index (χ2v) is 7.71. The Morgan fingerprint density at radius 3 is 2.71 bits per heavy atom. The molecule has 1 aliphatic carbocycles. The van der Waals surface area contributed by atoms with Gasteiger partial charge in [0.25, 0.3) is 0 Å². The van der Waals surface area contributed by atoms with Crippen molar-refractivity contribution in [1.29, 1.82) is 0 Å². The second-order valence-electron chi connectivity index (χ2n) is 6.93. The van der Waals surface area contributed by atoms with Crippen molar-refractivity contribution in [2.24, 2.45) is 5.73 Å². The van der Waals surface area contributed by atoms with Gasteiger partial charge in [0.15, 0.2) is 0 Å². The molecule has 3 N–H and O–H groups in total. The fourth-order valence-electron chi connectivity index (χ4n) is 2.58. The molecule has 1 heterocycles. The van der Waals surface area contributed by atoms with Crippen LogP contribution in [0.15, 0.2) is 16.8 Å². The van der Waals surface area contributed by atoms with Crippen LogP contribution in [0.4, 0.5) is 0 Å². The second kappa shape index (κ2) is 6.90. The van der Waals surface area contributed by atoms with Crippen molar-refractivity contribution in [3.05, 3.63) is 22.4 Å². The lowest BCUT2D eigenvalue weighted by molar-refractivity contribution is -0.123. The molecular formula is C16H27N3OS. The van der Waals surface area contributed by atoms with E-state index in [4.69, 9.17) is 5.73 Å². The molecule has 0 radical (unpaired) electrons. The molecule has 1 aromatic rings. The summed E-state index contributed by atoms with van der Waals surface area (Å²) in [5.41, 5.74) is 7.10. The third-order valence-electron chi connectivity index (χ3n) is 3.64. The van der Waals surface area contributed by atoms with Gasteiger partial charge in [-0.15, -0.1) is 0 Å². The lowest BCUT2D eigenvalue weighted by Crippen LogP contribution is -2.47. The summed E-state index contributed by atoms with van der Waals surface area (Å²) in [6, 6.07) is 2.88. The summed E-state index contributed by atoms with van der Waals surface area (Å²) in [5, 5.41) is 7.32. The number of hydrogen-bond donors (Lipinski definition) is 2. The Balaban J connectivity index is 1.97. The molecule has 0 aromatic carbocycles. The first-order chi connectivity index (χ1) is 9.89. The van der Waals surface area contributed by atoms with Gasteiger partial charge in [-0.25, -0.2) is 0 Å². The minimum absolute atomic E-state index is 0.0916. The van der Waals surface area contributed by atoms with E-state index in [2.05, 4.69) is 27.0 Å². The average molecular weight is 309 g/mol. The first-order valence-electron chi connectivity index (χ1n) is 7.67. The van der Waals surface area contributed by atoms with Gasteiger partial charge < -0.3 is 11.1 Å². The number of nitrogens with one attached hydrogen (secondary N) is 1. The molecule has 0 aliphatic heterocycles. The molecule has 1 fully saturated rings. The molecule has 21 heavy (non-hydrogen) atoms. The van der Waals surface area contributed by atoms with Gasteiger partial charge in [0, 0.05) is 37.1 Å². The molecule has 5 heteroatoms. The van der Waals surface area contributed by atoms with E-state index in [9.17, 15) is 4.79 Å². The lowest BCUT2D eigenvalue weighted by atomic mass is 10.1. The van der Waals surface area contributed by atoms with Gasteiger partial charge in [-0.05, 0) is 56.0 Å². The highest BCUT2D eigenvalue weighted by Crippen LogP contribution is 2.31. The number of amides is 1. The number of rotatable bonds is 7. The van der Waals surface area contributed by atoms with E-state index in [1.54, 1.807) is 11.3 Å². The van der Waals surface area contributed by atoms with E-state index in [0.29, 0.717) is 19.0 Å². The summed E-state index contributed by atoms with van der Waals surface area (Å²) in [7, 11) is 0. The van der Waals surface area contributed by atoms with Crippen LogP contribution in [0.2, 0.25) is 0 Å². The van der Waals surface area contributed by atoms with Crippen LogP contribution in [0.3, 0.4) is 0 Å². The molecule has 1 amide bonds. The minimum atomic E-state index is -0.187. The van der Waals surface area contributed by atoms with Gasteiger partial charge in [0.05, 0.1) is 0 Å². The molecule has 118 valence electrons. The van der Waals surface area contributed by atoms with E-state index >= 15 is 0 Å². The minimum Gasteiger partial charge on any atom is -0.351 e. The summed E-state index contributed by atoms with van der Waals surface area (Å²) >= 11 is 1.72. The van der Waals surface area contributed by atoms with E-state index in [1.165, 1.54) is 18.4 Å². The predicted octanol–water partition coefficient (Wildman–Crippen LogP) is 2.34. The van der Waals surface area contributed by atoms with Crippen LogP contribution in [0.5, 0.6) is 0 Å². The fourth-order valence-corrected chi connectivity index (χ4v) is 3.24. The Morgan fingerprint density at radius 2 is 2.24 bits per heavy atom. The Morgan fingerprint density at radius 1 is 1.52 bits per heavy atom. The Bertz CT molecular complexity index is 449. The van der Waals surface area contributed by atoms with Gasteiger partial charge in [0.1, 0.15) is 0 Å². The van der Waals surface area contributed by atoms with Crippen LogP contribution in [0.25, 0.3) is 0 Å². The van der Waals surface area contributed by atoms with Gasteiger partial charge in [0.2, 0.25) is 5.91 Å². The number of thiophene rings is 1. The molecular weight excluding hydrogens is 282 g/mol. The summed E-state index contributed by atoms with van der Waals surface area (Å²) in [4.78, 5) is 14.6. The smallest absolute Gasteiger partial charge is 0.222 e. The Kier molecular flexibility index (Phi) is 5.41. The summed E-state index contributed by atoms with van der Waals surface area (Å²) in [6.07, 6.45) is 2.93. The zero-order chi connectivity index (χ0) is 15.5. The zero-order valence-corrected chi connectivity index (χ0v) is 14.1. The Labute approximate surface area is 131 Å². The number of nitrogens with two attached hydrogens (primary N) is 1. The van der Waals surface area contributed by atoms with Crippen molar-refractivity contribution < 1.29 is 4.79 Å². The van der Waals surface area contributed by atoms with Crippen molar-refractivity contribution in [1.82, 2.24) is 10.2 Å². The average Bonchev–Trinajstić information content (AvgIpc) is 3.09. The van der Waals surface area contributed by atoms with Gasteiger partial charge in [-0.2, -0.15) is 11.3 Å². The van der Waals surface area contributed by atoms with Gasteiger partial charge >= 0.3 is 0 Å². The van der Waals surface area contributed by atoms with Crippen LogP contribution in [0, 0.1) is 0 Å². The van der Waals surface area contributed by atoms with Crippen molar-refractivity contribution in [2.75, 3.05) is 6.54 Å². The third-order valence-corrected chi connectivity index (χ3v) is 4.37. The van der Waals surface area contributed by atoms with E-state index in [-0.39, 0.29) is 17.5 Å². The maximum atomic E-state index is 12.2. The topological polar surface area (TPSA) is 58.4 Å². The van der Waals surface area contributed by atoms with Crippen LogP contribution < -0.4 is 11.1 Å². The summed E-state index contributed by atoms with van der Waals surface area (Å²) in [5.74, 6) is 0.0916. The number of hydrogen-bond acceptors (Lipinski definition) is 4. The van der Waals surface area contributed by atoms with E-state index in [0.717, 1.165) is 6.54 Å². The number of nitrogens with zero attached hydrogens (tertiary/aromatic N) is 1. The normalized spacial score (nSPS) is 17.0. The molecule has 1 atom stereocenters. The Hall–Kier alpha value is -0.910. The summed E-state index contributed by atoms with van der Waals surface area (Å²) in [6.45, 7) is 7.45. The van der Waals surface area contributed by atoms with Crippen LogP contribution in [0.1, 0.15) is 45.6 Å². The monoisotopic (exact) mass is 309 g/mol. The molecule has 0 saturated heterocycles. The molecule has 1 aromatic heterocycles. The summed E-state index contributed by atoms with van der Waals surface area (Å²) < 4.78 is 0. The first-order valence-corrected chi connectivity index (χ1v) is 8.61. The molecule has 1 unspecified atom stereocenters. The van der Waals surface area contributed by atoms with Crippen molar-refractivity contribution in [3.63, 3.8) is 0 Å². The molecule has 0 bridgehead atoms. The lowest BCUT2D eigenvalue weighted by Gasteiger charge is -2.31. The van der Waals surface area contributed by atoms with Crippen molar-refractivity contribution in [2.45, 2.75) is 64.2 Å². The van der Waals surface area contributed by atoms with Gasteiger partial charge in [-0.3, -0.25) is 9.69 Å².